The van der Waals surface area contributed by atoms with Crippen molar-refractivity contribution in [1.82, 2.24) is 0 Å². The van der Waals surface area contributed by atoms with Crippen LogP contribution in [0.15, 0.2) is 146 Å². The van der Waals surface area contributed by atoms with Crippen molar-refractivity contribution in [3.63, 3.8) is 0 Å². The van der Waals surface area contributed by atoms with E-state index in [0.717, 1.165) is 43.3 Å². The zero-order valence-electron chi connectivity index (χ0n) is 36.6. The molecule has 4 aromatic carbocycles. The van der Waals surface area contributed by atoms with Crippen LogP contribution in [0.1, 0.15) is 19.5 Å². The Morgan fingerprint density at radius 1 is 0.309 bits per heavy atom. The first-order chi connectivity index (χ1) is 30.9. The van der Waals surface area contributed by atoms with Crippen molar-refractivity contribution in [2.24, 2.45) is 0 Å². The number of aromatic nitrogens is 4. The van der Waals surface area contributed by atoms with Crippen LogP contribution in [0, 0.1) is 27.7 Å². The zero-order chi connectivity index (χ0) is 45.5. The number of thiocarbonyl (C=S) groups is 4. The van der Waals surface area contributed by atoms with Gasteiger partial charge in [0.05, 0.1) is 0 Å². The molecule has 0 aliphatic heterocycles. The Kier molecular flexibility index (Phi) is 30.4. The second-order valence-corrected chi connectivity index (χ2v) is 19.8. The fourth-order valence-electron chi connectivity index (χ4n) is 4.94. The summed E-state index contributed by atoms with van der Waals surface area (Å²) in [6.07, 6.45) is 7.77. The molecule has 0 spiro atoms. The second-order valence-electron chi connectivity index (χ2n) is 13.1. The van der Waals surface area contributed by atoms with Gasteiger partial charge in [0.15, 0.2) is 0 Å². The highest BCUT2D eigenvalue weighted by Gasteiger charge is 2.12. The SMILES string of the molecule is Cc1c[nH+]c(NC(=S)Nc2ccccc2)s1.Cc1c[nH+]c(NC(=S)Nc2ccccc2)s1.Cc1c[nH+]c(NC(=S)Nc2ccccc2)s1.Cc1c[nH+]c(NC(=S)Nc2ccccc2)s1.[Cl-].[Cl-].[Cl-].[Cl-]. The summed E-state index contributed by atoms with van der Waals surface area (Å²) >= 11 is 27.3. The average molecular weight is 1140 g/mol. The Morgan fingerprint density at radius 2 is 0.485 bits per heavy atom. The molecule has 0 unspecified atom stereocenters. The van der Waals surface area contributed by atoms with Gasteiger partial charge in [-0.1, -0.05) is 118 Å². The Bertz CT molecular complexity index is 2300. The van der Waals surface area contributed by atoms with Crippen LogP contribution < -0.4 is 112 Å². The predicted octanol–water partition coefficient (Wildman–Crippen LogP) is -1.27. The zero-order valence-corrected chi connectivity index (χ0v) is 46.2. The van der Waals surface area contributed by atoms with Crippen LogP contribution in [-0.4, -0.2) is 20.4 Å². The van der Waals surface area contributed by atoms with E-state index in [-0.39, 0.29) is 49.6 Å². The number of anilines is 8. The van der Waals surface area contributed by atoms with Gasteiger partial charge < -0.3 is 70.9 Å². The molecule has 4 heterocycles. The van der Waals surface area contributed by atoms with Crippen molar-refractivity contribution in [2.45, 2.75) is 27.7 Å². The molecular weight excluding hydrogens is 1090 g/mol. The maximum absolute atomic E-state index is 5.19. The van der Waals surface area contributed by atoms with Crippen LogP contribution in [0.3, 0.4) is 0 Å². The highest BCUT2D eigenvalue weighted by Crippen LogP contribution is 2.17. The van der Waals surface area contributed by atoms with E-state index in [1.54, 1.807) is 45.3 Å². The number of benzene rings is 4. The smallest absolute Gasteiger partial charge is 0.338 e. The predicted molar refractivity (Wildman–Crippen MR) is 288 cm³/mol. The lowest BCUT2D eigenvalue weighted by Gasteiger charge is -2.02. The summed E-state index contributed by atoms with van der Waals surface area (Å²) in [5, 5.41) is 30.9. The molecule has 24 heteroatoms. The summed E-state index contributed by atoms with van der Waals surface area (Å²) < 4.78 is 0. The van der Waals surface area contributed by atoms with Gasteiger partial charge in [-0.25, -0.2) is 41.2 Å². The number of hydrogen-bond donors (Lipinski definition) is 8. The van der Waals surface area contributed by atoms with Gasteiger partial charge in [0.1, 0.15) is 24.8 Å². The Labute approximate surface area is 459 Å². The lowest BCUT2D eigenvalue weighted by atomic mass is 10.3. The first-order valence-electron chi connectivity index (χ1n) is 19.4. The molecule has 0 aliphatic carbocycles. The van der Waals surface area contributed by atoms with Crippen molar-refractivity contribution < 1.29 is 69.6 Å². The van der Waals surface area contributed by atoms with Gasteiger partial charge in [-0.15, -0.1) is 0 Å². The number of thiazole rings is 4. The van der Waals surface area contributed by atoms with Gasteiger partial charge in [-0.2, -0.15) is 0 Å². The Hall–Kier alpha value is -4.68. The molecule has 0 fully saturated rings. The standard InChI is InChI=1S/4C11H11N3S2.4ClH/c4*1-8-7-12-11(16-8)14-10(15)13-9-5-3-2-4-6-9;;;;/h4*2-7H,1H3,(H2,12,13,14,15);4*1H. The third kappa shape index (κ3) is 24.6. The van der Waals surface area contributed by atoms with E-state index in [1.807, 2.05) is 174 Å². The van der Waals surface area contributed by atoms with Crippen LogP contribution >= 0.6 is 94.2 Å². The molecule has 4 aromatic heterocycles. The van der Waals surface area contributed by atoms with Crippen LogP contribution in [-0.2, 0) is 0 Å². The second kappa shape index (κ2) is 33.8. The van der Waals surface area contributed by atoms with Gasteiger partial charge in [0.25, 0.3) is 20.4 Å². The van der Waals surface area contributed by atoms with Crippen LogP contribution in [0.5, 0.6) is 0 Å². The lowest BCUT2D eigenvalue weighted by Crippen LogP contribution is -3.00. The average Bonchev–Trinajstić information content (AvgIpc) is 4.09. The van der Waals surface area contributed by atoms with Crippen molar-refractivity contribution in [3.8, 4) is 0 Å². The fourth-order valence-corrected chi connectivity index (χ4v) is 8.92. The number of H-pyrrole nitrogens is 4. The van der Waals surface area contributed by atoms with E-state index >= 15 is 0 Å². The third-order valence-corrected chi connectivity index (χ3v) is 12.0. The summed E-state index contributed by atoms with van der Waals surface area (Å²) in [6, 6.07) is 39.4. The number of nitrogens with one attached hydrogen (secondary N) is 12. The minimum atomic E-state index is 0. The summed E-state index contributed by atoms with van der Waals surface area (Å²) in [6.45, 7) is 8.17. The highest BCUT2D eigenvalue weighted by molar-refractivity contribution is 7.81. The first-order valence-corrected chi connectivity index (χ1v) is 24.3. The van der Waals surface area contributed by atoms with E-state index < -0.39 is 0 Å². The van der Waals surface area contributed by atoms with Gasteiger partial charge in [0.2, 0.25) is 0 Å². The molecule has 0 radical (unpaired) electrons. The molecule has 8 aromatic rings. The summed E-state index contributed by atoms with van der Waals surface area (Å²) in [7, 11) is 0. The summed E-state index contributed by atoms with van der Waals surface area (Å²) in [5.41, 5.74) is 3.92. The Balaban J connectivity index is 0.000000445. The Morgan fingerprint density at radius 3 is 0.632 bits per heavy atom. The van der Waals surface area contributed by atoms with Gasteiger partial charge in [-0.05, 0) is 125 Å². The number of para-hydroxylation sites is 4. The number of halogens is 4. The quantitative estimate of drug-likeness (QED) is 0.0859. The number of rotatable bonds is 8. The third-order valence-electron chi connectivity index (χ3n) is 7.71. The molecule has 8 rings (SSSR count). The maximum Gasteiger partial charge on any atom is 0.338 e. The summed E-state index contributed by atoms with van der Waals surface area (Å²) in [4.78, 5) is 17.3. The molecule has 0 saturated heterocycles. The molecule has 0 amide bonds. The number of hydrogen-bond acceptors (Lipinski definition) is 8. The van der Waals surface area contributed by atoms with E-state index in [4.69, 9.17) is 48.9 Å². The summed E-state index contributed by atoms with van der Waals surface area (Å²) in [5.74, 6) is 0. The van der Waals surface area contributed by atoms with Crippen LogP contribution in [0.4, 0.5) is 43.3 Å². The highest BCUT2D eigenvalue weighted by atomic mass is 35.5. The molecule has 68 heavy (non-hydrogen) atoms. The number of aryl methyl sites for hydroxylation is 4. The minimum Gasteiger partial charge on any atom is -1.00 e. The normalized spacial score (nSPS) is 9.24. The van der Waals surface area contributed by atoms with Gasteiger partial charge in [0, 0.05) is 42.3 Å². The van der Waals surface area contributed by atoms with Crippen molar-refractivity contribution in [1.29, 1.82) is 0 Å². The van der Waals surface area contributed by atoms with E-state index in [1.165, 1.54) is 19.5 Å². The van der Waals surface area contributed by atoms with Gasteiger partial charge >= 0.3 is 20.5 Å². The molecule has 0 atom stereocenters. The first kappa shape index (κ1) is 61.3. The molecular formula is C44H48Cl4N12S8. The minimum absolute atomic E-state index is 0. The molecule has 12 nitrogen and oxygen atoms in total. The topological polar surface area (TPSA) is 153 Å². The van der Waals surface area contributed by atoms with E-state index in [2.05, 4.69) is 62.5 Å². The molecule has 0 saturated carbocycles. The van der Waals surface area contributed by atoms with Crippen LogP contribution in [0.25, 0.3) is 0 Å². The lowest BCUT2D eigenvalue weighted by molar-refractivity contribution is -0.354. The molecule has 0 bridgehead atoms. The van der Waals surface area contributed by atoms with Crippen molar-refractivity contribution in [3.05, 3.63) is 166 Å². The van der Waals surface area contributed by atoms with E-state index in [0.29, 0.717) is 20.4 Å². The maximum atomic E-state index is 5.19. The fraction of sp³-hybridized carbons (Fsp3) is 0.0909. The molecule has 12 N–H and O–H groups in total. The molecule has 0 aliphatic rings. The van der Waals surface area contributed by atoms with Crippen molar-refractivity contribution >= 4 is 158 Å². The van der Waals surface area contributed by atoms with Crippen LogP contribution in [0.2, 0.25) is 0 Å². The van der Waals surface area contributed by atoms with E-state index in [9.17, 15) is 0 Å². The largest absolute Gasteiger partial charge is 1.00 e. The van der Waals surface area contributed by atoms with Gasteiger partial charge in [-0.3, -0.25) is 0 Å². The molecule has 360 valence electrons. The monoisotopic (exact) mass is 1140 g/mol. The van der Waals surface area contributed by atoms with Crippen molar-refractivity contribution in [2.75, 3.05) is 42.5 Å². The number of aromatic amines is 4.